The minimum Gasteiger partial charge on any atom is -0.493 e. The zero-order chi connectivity index (χ0) is 16.7. The summed E-state index contributed by atoms with van der Waals surface area (Å²) in [5, 5.41) is 2.81. The maximum absolute atomic E-state index is 12.3. The van der Waals surface area contributed by atoms with Crippen LogP contribution >= 0.6 is 12.4 Å². The van der Waals surface area contributed by atoms with Gasteiger partial charge in [0.05, 0.1) is 20.1 Å². The van der Waals surface area contributed by atoms with Crippen molar-refractivity contribution in [3.05, 3.63) is 24.3 Å². The van der Waals surface area contributed by atoms with Crippen LogP contribution in [0.25, 0.3) is 0 Å². The number of benzene rings is 1. The van der Waals surface area contributed by atoms with E-state index in [1.165, 1.54) is 7.11 Å². The van der Waals surface area contributed by atoms with E-state index >= 15 is 0 Å². The molecule has 1 heterocycles. The van der Waals surface area contributed by atoms with Crippen molar-refractivity contribution >= 4 is 30.0 Å². The second-order valence-electron chi connectivity index (χ2n) is 5.42. The van der Waals surface area contributed by atoms with Crippen LogP contribution < -0.4 is 15.8 Å². The minimum atomic E-state index is -0.881. The lowest BCUT2D eigenvalue weighted by Crippen LogP contribution is -2.54. The van der Waals surface area contributed by atoms with Crippen LogP contribution in [0.3, 0.4) is 0 Å². The third kappa shape index (κ3) is 5.67. The molecule has 2 rings (SSSR count). The van der Waals surface area contributed by atoms with Crippen molar-refractivity contribution in [3.8, 4) is 5.75 Å². The second-order valence-corrected chi connectivity index (χ2v) is 5.42. The Bertz CT molecular complexity index is 544. The molecule has 1 fully saturated rings. The highest BCUT2D eigenvalue weighted by Crippen LogP contribution is 2.21. The number of esters is 1. The van der Waals surface area contributed by atoms with Crippen LogP contribution in [0.5, 0.6) is 5.75 Å². The number of methoxy groups -OCH3 is 1. The summed E-state index contributed by atoms with van der Waals surface area (Å²) in [5.41, 5.74) is 5.89. The maximum Gasteiger partial charge on any atom is 0.308 e. The molecule has 1 amide bonds. The third-order valence-corrected chi connectivity index (χ3v) is 3.75. The molecule has 1 aliphatic heterocycles. The first-order valence-corrected chi connectivity index (χ1v) is 7.51. The third-order valence-electron chi connectivity index (χ3n) is 3.75. The second kappa shape index (κ2) is 9.46. The molecule has 24 heavy (non-hydrogen) atoms. The molecule has 7 nitrogen and oxygen atoms in total. The van der Waals surface area contributed by atoms with E-state index < -0.39 is 5.54 Å². The fourth-order valence-electron chi connectivity index (χ4n) is 2.21. The zero-order valence-electron chi connectivity index (χ0n) is 13.6. The van der Waals surface area contributed by atoms with Crippen LogP contribution in [0.15, 0.2) is 24.3 Å². The highest BCUT2D eigenvalue weighted by molar-refractivity contribution is 5.98. The largest absolute Gasteiger partial charge is 0.493 e. The topological polar surface area (TPSA) is 99.9 Å². The van der Waals surface area contributed by atoms with Gasteiger partial charge in [-0.05, 0) is 37.1 Å². The van der Waals surface area contributed by atoms with Crippen molar-refractivity contribution in [1.29, 1.82) is 0 Å². The lowest BCUT2D eigenvalue weighted by Gasteiger charge is -2.31. The number of amides is 1. The number of hydrogen-bond donors (Lipinski definition) is 2. The van der Waals surface area contributed by atoms with E-state index in [4.69, 9.17) is 15.2 Å². The monoisotopic (exact) mass is 358 g/mol. The van der Waals surface area contributed by atoms with Gasteiger partial charge in [0.15, 0.2) is 0 Å². The molecular formula is C16H23ClN2O5. The number of hydrogen-bond acceptors (Lipinski definition) is 6. The summed E-state index contributed by atoms with van der Waals surface area (Å²) in [6.45, 7) is 1.23. The first-order valence-electron chi connectivity index (χ1n) is 7.51. The number of anilines is 1. The van der Waals surface area contributed by atoms with E-state index in [0.29, 0.717) is 37.5 Å². The lowest BCUT2D eigenvalue weighted by molar-refractivity contribution is -0.141. The summed E-state index contributed by atoms with van der Waals surface area (Å²) in [7, 11) is 1.34. The molecule has 0 radical (unpaired) electrons. The van der Waals surface area contributed by atoms with Crippen LogP contribution in [-0.4, -0.2) is 44.3 Å². The van der Waals surface area contributed by atoms with Crippen molar-refractivity contribution in [2.75, 3.05) is 32.2 Å². The molecule has 134 valence electrons. The van der Waals surface area contributed by atoms with E-state index in [-0.39, 0.29) is 37.3 Å². The zero-order valence-corrected chi connectivity index (χ0v) is 14.4. The smallest absolute Gasteiger partial charge is 0.308 e. The SMILES string of the molecule is COC(=O)CCOc1ccc(NC(=O)C2(N)CCOCC2)cc1.Cl. The summed E-state index contributed by atoms with van der Waals surface area (Å²) in [6, 6.07) is 6.91. The van der Waals surface area contributed by atoms with Gasteiger partial charge in [-0.2, -0.15) is 0 Å². The summed E-state index contributed by atoms with van der Waals surface area (Å²) in [6.07, 6.45) is 1.20. The lowest BCUT2D eigenvalue weighted by atomic mass is 9.90. The van der Waals surface area contributed by atoms with Crippen molar-refractivity contribution in [1.82, 2.24) is 0 Å². The summed E-state index contributed by atoms with van der Waals surface area (Å²) < 4.78 is 15.2. The molecule has 0 saturated carbocycles. The van der Waals surface area contributed by atoms with Crippen LogP contribution in [0, 0.1) is 0 Å². The number of halogens is 1. The summed E-state index contributed by atoms with van der Waals surface area (Å²) in [4.78, 5) is 23.3. The Labute approximate surface area is 147 Å². The first kappa shape index (κ1) is 20.2. The van der Waals surface area contributed by atoms with Crippen molar-refractivity contribution in [2.24, 2.45) is 5.73 Å². The van der Waals surface area contributed by atoms with Gasteiger partial charge in [0, 0.05) is 18.9 Å². The molecule has 3 N–H and O–H groups in total. The molecular weight excluding hydrogens is 336 g/mol. The van der Waals surface area contributed by atoms with Gasteiger partial charge in [-0.15, -0.1) is 12.4 Å². The molecule has 0 aliphatic carbocycles. The Hall–Kier alpha value is -1.83. The predicted molar refractivity (Wildman–Crippen MR) is 91.4 cm³/mol. The van der Waals surface area contributed by atoms with Crippen molar-refractivity contribution in [2.45, 2.75) is 24.8 Å². The average molecular weight is 359 g/mol. The molecule has 0 aromatic heterocycles. The normalized spacial score (nSPS) is 15.8. The van der Waals surface area contributed by atoms with Gasteiger partial charge >= 0.3 is 5.97 Å². The van der Waals surface area contributed by atoms with Gasteiger partial charge in [-0.1, -0.05) is 0 Å². The molecule has 1 aromatic carbocycles. The van der Waals surface area contributed by atoms with Crippen molar-refractivity contribution in [3.63, 3.8) is 0 Å². The van der Waals surface area contributed by atoms with E-state index in [0.717, 1.165) is 0 Å². The maximum atomic E-state index is 12.3. The van der Waals surface area contributed by atoms with Crippen LogP contribution in [-0.2, 0) is 19.1 Å². The number of nitrogens with one attached hydrogen (secondary N) is 1. The first-order chi connectivity index (χ1) is 11.0. The standard InChI is InChI=1S/C16H22N2O5.ClH/c1-21-14(19)6-9-23-13-4-2-12(3-5-13)18-15(20)16(17)7-10-22-11-8-16;/h2-5H,6-11,17H2,1H3,(H,18,20);1H. The Balaban J connectivity index is 0.00000288. The predicted octanol–water partition coefficient (Wildman–Crippen LogP) is 1.50. The number of carbonyl (C=O) groups is 2. The quantitative estimate of drug-likeness (QED) is 0.747. The highest BCUT2D eigenvalue weighted by atomic mass is 35.5. The molecule has 8 heteroatoms. The van der Waals surface area contributed by atoms with Gasteiger partial charge in [0.1, 0.15) is 11.3 Å². The fraction of sp³-hybridized carbons (Fsp3) is 0.500. The molecule has 1 aliphatic rings. The number of nitrogens with two attached hydrogens (primary N) is 1. The van der Waals surface area contributed by atoms with Crippen LogP contribution in [0.4, 0.5) is 5.69 Å². The van der Waals surface area contributed by atoms with E-state index in [1.807, 2.05) is 0 Å². The highest BCUT2D eigenvalue weighted by Gasteiger charge is 2.35. The fourth-order valence-corrected chi connectivity index (χ4v) is 2.21. The van der Waals surface area contributed by atoms with Crippen LogP contribution in [0.1, 0.15) is 19.3 Å². The van der Waals surface area contributed by atoms with Gasteiger partial charge < -0.3 is 25.3 Å². The van der Waals surface area contributed by atoms with E-state index in [9.17, 15) is 9.59 Å². The van der Waals surface area contributed by atoms with Crippen LogP contribution in [0.2, 0.25) is 0 Å². The van der Waals surface area contributed by atoms with Gasteiger partial charge in [-0.3, -0.25) is 9.59 Å². The molecule has 0 unspecified atom stereocenters. The molecule has 1 aromatic rings. The van der Waals surface area contributed by atoms with E-state index in [2.05, 4.69) is 10.1 Å². The Morgan fingerprint density at radius 2 is 1.88 bits per heavy atom. The van der Waals surface area contributed by atoms with Crippen molar-refractivity contribution < 1.29 is 23.8 Å². The number of carbonyl (C=O) groups excluding carboxylic acids is 2. The van der Waals surface area contributed by atoms with Gasteiger partial charge in [0.2, 0.25) is 5.91 Å². The molecule has 0 spiro atoms. The average Bonchev–Trinajstić information content (AvgIpc) is 2.57. The minimum absolute atomic E-state index is 0. The number of rotatable bonds is 6. The molecule has 0 bridgehead atoms. The molecule has 0 atom stereocenters. The Kier molecular flexibility index (Phi) is 7.97. The van der Waals surface area contributed by atoms with Gasteiger partial charge in [-0.25, -0.2) is 0 Å². The molecule has 1 saturated heterocycles. The Morgan fingerprint density at radius 1 is 1.25 bits per heavy atom. The van der Waals surface area contributed by atoms with Gasteiger partial charge in [0.25, 0.3) is 0 Å². The number of ether oxygens (including phenoxy) is 3. The summed E-state index contributed by atoms with van der Waals surface area (Å²) >= 11 is 0. The Morgan fingerprint density at radius 3 is 2.46 bits per heavy atom. The van der Waals surface area contributed by atoms with E-state index in [1.54, 1.807) is 24.3 Å². The summed E-state index contributed by atoms with van der Waals surface area (Å²) in [5.74, 6) is 0.0826.